The zero-order valence-electron chi connectivity index (χ0n) is 12.4. The van der Waals surface area contributed by atoms with E-state index in [4.69, 9.17) is 0 Å². The normalized spacial score (nSPS) is 11.7. The van der Waals surface area contributed by atoms with Gasteiger partial charge in [-0.1, -0.05) is 12.1 Å². The van der Waals surface area contributed by atoms with Crippen molar-refractivity contribution in [3.05, 3.63) is 58.7 Å². The van der Waals surface area contributed by atoms with Crippen LogP contribution in [0.25, 0.3) is 0 Å². The van der Waals surface area contributed by atoms with Crippen LogP contribution in [0.1, 0.15) is 27.0 Å². The first kappa shape index (κ1) is 17.3. The van der Waals surface area contributed by atoms with E-state index >= 15 is 0 Å². The molecule has 0 bridgehead atoms. The number of halogens is 3. The SMILES string of the molecule is Cc1cc(/C=N/NC(=O)c2ccccc2O)c(O)c(C(F)(F)F)c1. The fraction of sp³-hybridized carbons (Fsp3) is 0.125. The maximum atomic E-state index is 12.8. The number of amides is 1. The van der Waals surface area contributed by atoms with E-state index in [0.717, 1.165) is 12.3 Å². The van der Waals surface area contributed by atoms with Gasteiger partial charge in [0.15, 0.2) is 0 Å². The van der Waals surface area contributed by atoms with Crippen LogP contribution < -0.4 is 5.43 Å². The Morgan fingerprint density at radius 3 is 2.50 bits per heavy atom. The largest absolute Gasteiger partial charge is 0.507 e. The Hall–Kier alpha value is -3.03. The summed E-state index contributed by atoms with van der Waals surface area (Å²) in [5, 5.41) is 22.8. The van der Waals surface area contributed by atoms with Gasteiger partial charge in [-0.2, -0.15) is 18.3 Å². The number of hydrogen-bond acceptors (Lipinski definition) is 4. The van der Waals surface area contributed by atoms with Crippen LogP contribution in [0.2, 0.25) is 0 Å². The molecule has 0 heterocycles. The second-order valence-corrected chi connectivity index (χ2v) is 4.96. The van der Waals surface area contributed by atoms with Gasteiger partial charge in [0.25, 0.3) is 5.91 Å². The van der Waals surface area contributed by atoms with Crippen molar-refractivity contribution in [1.82, 2.24) is 5.43 Å². The molecule has 8 heteroatoms. The van der Waals surface area contributed by atoms with Gasteiger partial charge in [-0.15, -0.1) is 0 Å². The van der Waals surface area contributed by atoms with Crippen LogP contribution in [0.4, 0.5) is 13.2 Å². The highest BCUT2D eigenvalue weighted by Gasteiger charge is 2.34. The number of carbonyl (C=O) groups is 1. The number of phenols is 2. The van der Waals surface area contributed by atoms with Gasteiger partial charge in [-0.05, 0) is 36.8 Å². The second-order valence-electron chi connectivity index (χ2n) is 4.96. The average Bonchev–Trinajstić information content (AvgIpc) is 2.49. The van der Waals surface area contributed by atoms with Crippen molar-refractivity contribution >= 4 is 12.1 Å². The van der Waals surface area contributed by atoms with Crippen molar-refractivity contribution < 1.29 is 28.2 Å². The summed E-state index contributed by atoms with van der Waals surface area (Å²) in [7, 11) is 0. The molecule has 0 spiro atoms. The Balaban J connectivity index is 2.23. The molecule has 126 valence electrons. The van der Waals surface area contributed by atoms with Crippen LogP contribution in [0.3, 0.4) is 0 Å². The molecule has 0 aliphatic heterocycles. The predicted molar refractivity (Wildman–Crippen MR) is 81.0 cm³/mol. The van der Waals surface area contributed by atoms with Crippen LogP contribution in [-0.2, 0) is 6.18 Å². The lowest BCUT2D eigenvalue weighted by Gasteiger charge is -2.12. The highest BCUT2D eigenvalue weighted by atomic mass is 19.4. The molecule has 2 rings (SSSR count). The summed E-state index contributed by atoms with van der Waals surface area (Å²) in [5.74, 6) is -1.98. The van der Waals surface area contributed by atoms with Gasteiger partial charge >= 0.3 is 6.18 Å². The summed E-state index contributed by atoms with van der Waals surface area (Å²) in [6.45, 7) is 1.44. The van der Waals surface area contributed by atoms with Crippen molar-refractivity contribution in [2.75, 3.05) is 0 Å². The van der Waals surface area contributed by atoms with Crippen LogP contribution >= 0.6 is 0 Å². The third kappa shape index (κ3) is 3.83. The van der Waals surface area contributed by atoms with Crippen molar-refractivity contribution in [3.8, 4) is 11.5 Å². The van der Waals surface area contributed by atoms with Crippen LogP contribution in [-0.4, -0.2) is 22.3 Å². The molecule has 0 fully saturated rings. The molecular formula is C16H13F3N2O3. The number of rotatable bonds is 3. The Morgan fingerprint density at radius 1 is 1.21 bits per heavy atom. The number of benzene rings is 2. The Kier molecular flexibility index (Phi) is 4.77. The molecule has 0 aromatic heterocycles. The monoisotopic (exact) mass is 338 g/mol. The molecule has 0 aliphatic rings. The average molecular weight is 338 g/mol. The van der Waals surface area contributed by atoms with E-state index in [2.05, 4.69) is 10.5 Å². The number of para-hydroxylation sites is 1. The van der Waals surface area contributed by atoms with E-state index < -0.39 is 23.4 Å². The molecule has 0 radical (unpaired) electrons. The van der Waals surface area contributed by atoms with E-state index in [1.165, 1.54) is 37.3 Å². The molecule has 0 saturated heterocycles. The Bertz CT molecular complexity index is 802. The lowest BCUT2D eigenvalue weighted by atomic mass is 10.0. The first-order valence-corrected chi connectivity index (χ1v) is 6.72. The van der Waals surface area contributed by atoms with E-state index in [0.29, 0.717) is 0 Å². The standard InChI is InChI=1S/C16H13F3N2O3/c1-9-6-10(14(23)12(7-9)16(17,18)19)8-20-21-15(24)11-4-2-3-5-13(11)22/h2-8,22-23H,1H3,(H,21,24)/b20-8+. The lowest BCUT2D eigenvalue weighted by molar-refractivity contribution is -0.138. The molecule has 3 N–H and O–H groups in total. The van der Waals surface area contributed by atoms with E-state index in [-0.39, 0.29) is 22.4 Å². The van der Waals surface area contributed by atoms with Crippen molar-refractivity contribution in [2.45, 2.75) is 13.1 Å². The zero-order chi connectivity index (χ0) is 17.9. The topological polar surface area (TPSA) is 81.9 Å². The maximum absolute atomic E-state index is 12.8. The van der Waals surface area contributed by atoms with Crippen LogP contribution in [0.5, 0.6) is 11.5 Å². The van der Waals surface area contributed by atoms with E-state index in [9.17, 15) is 28.2 Å². The number of nitrogens with zero attached hydrogens (tertiary/aromatic N) is 1. The number of carbonyl (C=O) groups excluding carboxylic acids is 1. The Morgan fingerprint density at radius 2 is 1.88 bits per heavy atom. The molecule has 0 unspecified atom stereocenters. The van der Waals surface area contributed by atoms with Gasteiger partial charge in [0, 0.05) is 5.56 Å². The molecular weight excluding hydrogens is 325 g/mol. The molecule has 0 atom stereocenters. The summed E-state index contributed by atoms with van der Waals surface area (Å²) < 4.78 is 38.5. The second kappa shape index (κ2) is 6.61. The maximum Gasteiger partial charge on any atom is 0.419 e. The van der Waals surface area contributed by atoms with Crippen LogP contribution in [0, 0.1) is 6.92 Å². The van der Waals surface area contributed by atoms with E-state index in [1.54, 1.807) is 0 Å². The highest BCUT2D eigenvalue weighted by Crippen LogP contribution is 2.37. The molecule has 5 nitrogen and oxygen atoms in total. The van der Waals surface area contributed by atoms with Gasteiger partial charge in [0.05, 0.1) is 17.3 Å². The molecule has 24 heavy (non-hydrogen) atoms. The summed E-state index contributed by atoms with van der Waals surface area (Å²) >= 11 is 0. The Labute approximate surface area is 135 Å². The first-order valence-electron chi connectivity index (χ1n) is 6.72. The van der Waals surface area contributed by atoms with Gasteiger partial charge < -0.3 is 10.2 Å². The quantitative estimate of drug-likeness (QED) is 0.594. The smallest absolute Gasteiger partial charge is 0.419 e. The molecule has 1 amide bonds. The summed E-state index contributed by atoms with van der Waals surface area (Å²) in [4.78, 5) is 11.8. The molecule has 2 aromatic rings. The third-order valence-electron chi connectivity index (χ3n) is 3.11. The number of aryl methyl sites for hydroxylation is 1. The molecule has 2 aromatic carbocycles. The predicted octanol–water partition coefficient (Wildman–Crippen LogP) is 3.19. The molecule has 0 aliphatic carbocycles. The highest BCUT2D eigenvalue weighted by molar-refractivity contribution is 5.97. The number of phenolic OH excluding ortho intramolecular Hbond substituents is 2. The van der Waals surface area contributed by atoms with Gasteiger partial charge in [0.1, 0.15) is 11.5 Å². The third-order valence-corrected chi connectivity index (χ3v) is 3.11. The van der Waals surface area contributed by atoms with Gasteiger partial charge in [0.2, 0.25) is 0 Å². The number of hydrazone groups is 1. The molecule has 0 saturated carbocycles. The van der Waals surface area contributed by atoms with Crippen LogP contribution in [0.15, 0.2) is 41.5 Å². The summed E-state index contributed by atoms with van der Waals surface area (Å²) in [5.41, 5.74) is 0.922. The number of hydrogen-bond donors (Lipinski definition) is 3. The summed E-state index contributed by atoms with van der Waals surface area (Å²) in [6.07, 6.45) is -3.81. The lowest BCUT2D eigenvalue weighted by Crippen LogP contribution is -2.17. The minimum atomic E-state index is -4.71. The zero-order valence-corrected chi connectivity index (χ0v) is 12.4. The fourth-order valence-electron chi connectivity index (χ4n) is 2.01. The number of alkyl halides is 3. The minimum Gasteiger partial charge on any atom is -0.507 e. The summed E-state index contributed by atoms with van der Waals surface area (Å²) in [6, 6.07) is 7.82. The minimum absolute atomic E-state index is 0.0425. The van der Waals surface area contributed by atoms with Crippen molar-refractivity contribution in [1.29, 1.82) is 0 Å². The first-order chi connectivity index (χ1) is 11.2. The number of aromatic hydroxyl groups is 2. The van der Waals surface area contributed by atoms with Crippen molar-refractivity contribution in [2.24, 2.45) is 5.10 Å². The van der Waals surface area contributed by atoms with E-state index in [1.807, 2.05) is 0 Å². The van der Waals surface area contributed by atoms with Gasteiger partial charge in [-0.3, -0.25) is 4.79 Å². The van der Waals surface area contributed by atoms with Gasteiger partial charge in [-0.25, -0.2) is 5.43 Å². The fourth-order valence-corrected chi connectivity index (χ4v) is 2.01. The number of nitrogens with one attached hydrogen (secondary N) is 1. The van der Waals surface area contributed by atoms with Crippen molar-refractivity contribution in [3.63, 3.8) is 0 Å².